The molecule has 0 saturated heterocycles. The fraction of sp³-hybridized carbons (Fsp3) is 0.412. The molecule has 0 amide bonds. The van der Waals surface area contributed by atoms with Crippen molar-refractivity contribution >= 4 is 40.5 Å². The van der Waals surface area contributed by atoms with E-state index in [4.69, 9.17) is 4.74 Å². The van der Waals surface area contributed by atoms with E-state index in [0.29, 0.717) is 6.07 Å². The Labute approximate surface area is 158 Å². The highest BCUT2D eigenvalue weighted by Gasteiger charge is 2.24. The molecule has 138 valence electrons. The predicted octanol–water partition coefficient (Wildman–Crippen LogP) is 3.63. The molecule has 0 aromatic heterocycles. The van der Waals surface area contributed by atoms with Gasteiger partial charge in [0.2, 0.25) is 0 Å². The van der Waals surface area contributed by atoms with E-state index in [0.717, 1.165) is 12.3 Å². The molecule has 5 nitrogen and oxygen atoms in total. The fourth-order valence-corrected chi connectivity index (χ4v) is 2.10. The van der Waals surface area contributed by atoms with Gasteiger partial charge >= 0.3 is 5.97 Å². The zero-order valence-corrected chi connectivity index (χ0v) is 16.5. The summed E-state index contributed by atoms with van der Waals surface area (Å²) in [6, 6.07) is 1.09. The maximum atomic E-state index is 14.0. The van der Waals surface area contributed by atoms with Gasteiger partial charge in [0.25, 0.3) is 0 Å². The maximum absolute atomic E-state index is 14.0. The molecule has 0 unspecified atom stereocenters. The van der Waals surface area contributed by atoms with Crippen LogP contribution in [-0.4, -0.2) is 40.6 Å². The van der Waals surface area contributed by atoms with E-state index < -0.39 is 35.0 Å². The van der Waals surface area contributed by atoms with Gasteiger partial charge in [0, 0.05) is 15.9 Å². The van der Waals surface area contributed by atoms with Crippen LogP contribution >= 0.6 is 22.6 Å². The van der Waals surface area contributed by atoms with E-state index >= 15 is 0 Å². The monoisotopic (exact) mass is 467 g/mol. The molecule has 0 aliphatic heterocycles. The van der Waals surface area contributed by atoms with Crippen molar-refractivity contribution in [2.24, 2.45) is 4.99 Å². The van der Waals surface area contributed by atoms with Gasteiger partial charge in [-0.25, -0.2) is 13.6 Å². The number of aliphatic hydroxyl groups excluding tert-OH is 1. The van der Waals surface area contributed by atoms with Crippen LogP contribution in [0.1, 0.15) is 33.3 Å². The molecule has 2 N–H and O–H groups in total. The fourth-order valence-electron chi connectivity index (χ4n) is 1.64. The lowest BCUT2D eigenvalue weighted by atomic mass is 10.0. The number of ether oxygens (including phenoxy) is 1. The number of aliphatic imine (C=N–C) groups is 1. The first-order valence-electron chi connectivity index (χ1n) is 7.49. The maximum Gasteiger partial charge on any atom is 0.343 e. The molecule has 1 atom stereocenters. The van der Waals surface area contributed by atoms with E-state index in [2.05, 4.69) is 4.99 Å². The summed E-state index contributed by atoms with van der Waals surface area (Å²) in [5.74, 6) is -3.44. The van der Waals surface area contributed by atoms with Crippen LogP contribution in [0.3, 0.4) is 0 Å². The third-order valence-corrected chi connectivity index (χ3v) is 4.29. The minimum absolute atomic E-state index is 0.0356. The summed E-state index contributed by atoms with van der Waals surface area (Å²) in [7, 11) is 0. The highest BCUT2D eigenvalue weighted by Crippen LogP contribution is 2.24. The van der Waals surface area contributed by atoms with Gasteiger partial charge in [-0.3, -0.25) is 4.99 Å². The van der Waals surface area contributed by atoms with Crippen LogP contribution in [0, 0.1) is 15.2 Å². The van der Waals surface area contributed by atoms with Crippen LogP contribution in [0.25, 0.3) is 5.76 Å². The van der Waals surface area contributed by atoms with Gasteiger partial charge in [-0.2, -0.15) is 0 Å². The van der Waals surface area contributed by atoms with Crippen LogP contribution < -0.4 is 0 Å². The van der Waals surface area contributed by atoms with Crippen LogP contribution in [0.15, 0.2) is 22.7 Å². The Hall–Kier alpha value is -1.55. The lowest BCUT2D eigenvalue weighted by molar-refractivity contribution is -0.137. The number of nitrogens with zero attached hydrogens (tertiary/aromatic N) is 1. The van der Waals surface area contributed by atoms with Gasteiger partial charge in [-0.15, -0.1) is 0 Å². The molecule has 25 heavy (non-hydrogen) atoms. The number of esters is 1. The van der Waals surface area contributed by atoms with Crippen molar-refractivity contribution in [1.29, 1.82) is 0 Å². The van der Waals surface area contributed by atoms with E-state index in [1.807, 2.05) is 0 Å². The van der Waals surface area contributed by atoms with Gasteiger partial charge in [0.05, 0.1) is 23.8 Å². The molecule has 0 radical (unpaired) electrons. The second-order valence-corrected chi connectivity index (χ2v) is 7.00. The second-order valence-electron chi connectivity index (χ2n) is 5.84. The third kappa shape index (κ3) is 5.74. The third-order valence-electron chi connectivity index (χ3n) is 3.47. The molecule has 8 heteroatoms. The average molecular weight is 467 g/mol. The molecule has 0 aliphatic carbocycles. The first-order valence-corrected chi connectivity index (χ1v) is 8.57. The first kappa shape index (κ1) is 21.5. The van der Waals surface area contributed by atoms with Crippen molar-refractivity contribution in [1.82, 2.24) is 0 Å². The highest BCUT2D eigenvalue weighted by atomic mass is 127. The van der Waals surface area contributed by atoms with Crippen molar-refractivity contribution < 1.29 is 28.5 Å². The van der Waals surface area contributed by atoms with E-state index in [1.54, 1.807) is 36.4 Å². The average Bonchev–Trinajstić information content (AvgIpc) is 2.50. The quantitative estimate of drug-likeness (QED) is 0.167. The van der Waals surface area contributed by atoms with Crippen molar-refractivity contribution in [3.05, 3.63) is 38.5 Å². The minimum atomic E-state index is -1.16. The summed E-state index contributed by atoms with van der Waals surface area (Å²) in [4.78, 5) is 16.1. The number of aliphatic hydroxyl groups is 2. The molecule has 1 aromatic carbocycles. The number of hydrogen-bond acceptors (Lipinski definition) is 5. The summed E-state index contributed by atoms with van der Waals surface area (Å²) in [6.07, 6.45) is 1.02. The first-order chi connectivity index (χ1) is 11.5. The zero-order chi connectivity index (χ0) is 19.4. The van der Waals surface area contributed by atoms with E-state index in [9.17, 15) is 23.8 Å². The molecule has 0 bridgehead atoms. The van der Waals surface area contributed by atoms with Gasteiger partial charge in [0.1, 0.15) is 23.0 Å². The Balaban J connectivity index is 3.44. The van der Waals surface area contributed by atoms with Crippen LogP contribution in [0.4, 0.5) is 8.78 Å². The summed E-state index contributed by atoms with van der Waals surface area (Å²) < 4.78 is 32.3. The second kappa shape index (κ2) is 8.70. The molecule has 0 aliphatic rings. The summed E-state index contributed by atoms with van der Waals surface area (Å²) in [6.45, 7) is 6.28. The van der Waals surface area contributed by atoms with Gasteiger partial charge in [-0.05, 0) is 56.4 Å². The largest absolute Gasteiger partial charge is 0.506 e. The molecule has 0 saturated carbocycles. The van der Waals surface area contributed by atoms with Crippen molar-refractivity contribution in [2.45, 2.75) is 39.3 Å². The van der Waals surface area contributed by atoms with E-state index in [-0.39, 0.29) is 21.3 Å². The van der Waals surface area contributed by atoms with Gasteiger partial charge in [-0.1, -0.05) is 0 Å². The molecular weight excluding hydrogens is 447 g/mol. The number of rotatable bonds is 6. The number of halogens is 3. The molecule has 0 spiro atoms. The minimum Gasteiger partial charge on any atom is -0.506 e. The van der Waals surface area contributed by atoms with E-state index in [1.165, 1.54) is 13.8 Å². The Morgan fingerprint density at radius 3 is 2.52 bits per heavy atom. The summed E-state index contributed by atoms with van der Waals surface area (Å²) in [5, 5.41) is 20.2. The van der Waals surface area contributed by atoms with Crippen molar-refractivity contribution in [3.8, 4) is 0 Å². The number of carbonyl (C=O) groups excluding carboxylic acids is 1. The Kier molecular flexibility index (Phi) is 7.48. The van der Waals surface area contributed by atoms with Gasteiger partial charge in [0.15, 0.2) is 0 Å². The highest BCUT2D eigenvalue weighted by molar-refractivity contribution is 14.1. The standard InChI is InChI=1S/C17H20F2INO4/c1-5-25-16(23)11(8-21-9(2)17(3,4)24)15(22)10-6-14(20)13(19)7-12(10)18/h6-9,22,24H,5H2,1-4H3/t9-/m1/s1. The predicted molar refractivity (Wildman–Crippen MR) is 99.5 cm³/mol. The Morgan fingerprint density at radius 1 is 1.40 bits per heavy atom. The number of hydrogen-bond donors (Lipinski definition) is 2. The molecule has 0 heterocycles. The number of benzene rings is 1. The van der Waals surface area contributed by atoms with Crippen molar-refractivity contribution in [2.75, 3.05) is 6.61 Å². The van der Waals surface area contributed by atoms with Gasteiger partial charge < -0.3 is 14.9 Å². The topological polar surface area (TPSA) is 79.1 Å². The normalized spacial score (nSPS) is 14.4. The smallest absolute Gasteiger partial charge is 0.343 e. The van der Waals surface area contributed by atoms with Crippen LogP contribution in [-0.2, 0) is 9.53 Å². The molecule has 1 aromatic rings. The molecular formula is C17H20F2INO4. The lowest BCUT2D eigenvalue weighted by Crippen LogP contribution is -2.32. The number of carbonyl (C=O) groups is 1. The van der Waals surface area contributed by atoms with Crippen LogP contribution in [0.2, 0.25) is 0 Å². The lowest BCUT2D eigenvalue weighted by Gasteiger charge is -2.22. The zero-order valence-electron chi connectivity index (χ0n) is 14.3. The Morgan fingerprint density at radius 2 is 2.00 bits per heavy atom. The summed E-state index contributed by atoms with van der Waals surface area (Å²) in [5.41, 5.74) is -1.90. The molecule has 1 rings (SSSR count). The van der Waals surface area contributed by atoms with Crippen molar-refractivity contribution in [3.63, 3.8) is 0 Å². The summed E-state index contributed by atoms with van der Waals surface area (Å²) >= 11 is 1.64. The van der Waals surface area contributed by atoms with Crippen LogP contribution in [0.5, 0.6) is 0 Å². The molecule has 0 fully saturated rings. The SMILES string of the molecule is CCOC(=O)C(C=N[C@H](C)C(C)(C)O)=C(O)c1cc(I)c(F)cc1F. The Bertz CT molecular complexity index is 711.